The third-order valence-electron chi connectivity index (χ3n) is 2.23. The lowest BCUT2D eigenvalue weighted by molar-refractivity contribution is -0.131. The van der Waals surface area contributed by atoms with E-state index in [9.17, 15) is 4.79 Å². The van der Waals surface area contributed by atoms with Crippen LogP contribution in [0.4, 0.5) is 0 Å². The minimum Gasteiger partial charge on any atom is -0.342 e. The van der Waals surface area contributed by atoms with Gasteiger partial charge in [0.2, 0.25) is 5.91 Å². The molecule has 1 N–H and O–H groups in total. The molecule has 1 aliphatic rings. The van der Waals surface area contributed by atoms with Crippen LogP contribution >= 0.6 is 0 Å². The maximum Gasteiger partial charge on any atom is 0.236 e. The number of hydrogen-bond acceptors (Lipinski definition) is 2. The van der Waals surface area contributed by atoms with Gasteiger partial charge in [0, 0.05) is 13.1 Å². The third kappa shape index (κ3) is 2.81. The molecule has 0 spiro atoms. The number of piperidine rings is 1. The molecule has 1 fully saturated rings. The first-order valence-corrected chi connectivity index (χ1v) is 4.83. The molecule has 0 aromatic heterocycles. The second kappa shape index (κ2) is 5.14. The fourth-order valence-corrected chi connectivity index (χ4v) is 1.49. The van der Waals surface area contributed by atoms with Gasteiger partial charge in [0.15, 0.2) is 0 Å². The molecule has 1 aliphatic heterocycles. The highest BCUT2D eigenvalue weighted by atomic mass is 16.2. The molecule has 1 amide bonds. The maximum absolute atomic E-state index is 11.4. The average molecular weight is 170 g/mol. The van der Waals surface area contributed by atoms with Crippen molar-refractivity contribution >= 4 is 5.91 Å². The van der Waals surface area contributed by atoms with Crippen LogP contribution in [0, 0.1) is 0 Å². The number of rotatable bonds is 3. The summed E-state index contributed by atoms with van der Waals surface area (Å²) in [6.07, 6.45) is 3.64. The highest BCUT2D eigenvalue weighted by molar-refractivity contribution is 5.78. The van der Waals surface area contributed by atoms with Gasteiger partial charge in [-0.1, -0.05) is 6.92 Å². The molecule has 0 unspecified atom stereocenters. The third-order valence-corrected chi connectivity index (χ3v) is 2.23. The molecule has 0 saturated carbocycles. The van der Waals surface area contributed by atoms with Gasteiger partial charge in [0.25, 0.3) is 0 Å². The number of hydrogen-bond donors (Lipinski definition) is 1. The van der Waals surface area contributed by atoms with E-state index in [4.69, 9.17) is 0 Å². The Labute approximate surface area is 74.1 Å². The van der Waals surface area contributed by atoms with Crippen molar-refractivity contribution in [2.24, 2.45) is 0 Å². The van der Waals surface area contributed by atoms with E-state index in [0.29, 0.717) is 6.54 Å². The van der Waals surface area contributed by atoms with Crippen molar-refractivity contribution in [3.8, 4) is 0 Å². The SMILES string of the molecule is CCNCC(=O)N1CCCCC1. The number of carbonyl (C=O) groups excluding carboxylic acids is 1. The van der Waals surface area contributed by atoms with Gasteiger partial charge in [0.05, 0.1) is 6.54 Å². The van der Waals surface area contributed by atoms with Crippen LogP contribution in [-0.2, 0) is 4.79 Å². The van der Waals surface area contributed by atoms with Crippen LogP contribution in [0.2, 0.25) is 0 Å². The van der Waals surface area contributed by atoms with Gasteiger partial charge in [-0.3, -0.25) is 4.79 Å². The van der Waals surface area contributed by atoms with Gasteiger partial charge < -0.3 is 10.2 Å². The minimum atomic E-state index is 0.261. The monoisotopic (exact) mass is 170 g/mol. The zero-order valence-corrected chi connectivity index (χ0v) is 7.81. The topological polar surface area (TPSA) is 32.3 Å². The van der Waals surface area contributed by atoms with Gasteiger partial charge in [-0.25, -0.2) is 0 Å². The number of amides is 1. The molecule has 0 aromatic carbocycles. The van der Waals surface area contributed by atoms with Crippen molar-refractivity contribution in [2.75, 3.05) is 26.2 Å². The molecule has 1 rings (SSSR count). The van der Waals surface area contributed by atoms with E-state index in [1.807, 2.05) is 11.8 Å². The number of nitrogens with zero attached hydrogens (tertiary/aromatic N) is 1. The number of carbonyl (C=O) groups is 1. The lowest BCUT2D eigenvalue weighted by Gasteiger charge is -2.26. The zero-order chi connectivity index (χ0) is 8.81. The Morgan fingerprint density at radius 2 is 2.00 bits per heavy atom. The van der Waals surface area contributed by atoms with E-state index >= 15 is 0 Å². The summed E-state index contributed by atoms with van der Waals surface area (Å²) < 4.78 is 0. The normalized spacial score (nSPS) is 17.9. The summed E-state index contributed by atoms with van der Waals surface area (Å²) in [5, 5.41) is 3.05. The van der Waals surface area contributed by atoms with Crippen LogP contribution in [-0.4, -0.2) is 37.0 Å². The van der Waals surface area contributed by atoms with Crippen LogP contribution in [0.3, 0.4) is 0 Å². The van der Waals surface area contributed by atoms with Crippen molar-refractivity contribution in [2.45, 2.75) is 26.2 Å². The van der Waals surface area contributed by atoms with Crippen LogP contribution in [0.25, 0.3) is 0 Å². The van der Waals surface area contributed by atoms with Crippen molar-refractivity contribution < 1.29 is 4.79 Å². The van der Waals surface area contributed by atoms with E-state index in [1.54, 1.807) is 0 Å². The molecule has 0 radical (unpaired) electrons. The van der Waals surface area contributed by atoms with E-state index in [1.165, 1.54) is 19.3 Å². The van der Waals surface area contributed by atoms with E-state index in [-0.39, 0.29) is 5.91 Å². The summed E-state index contributed by atoms with van der Waals surface area (Å²) in [5.41, 5.74) is 0. The summed E-state index contributed by atoms with van der Waals surface area (Å²) >= 11 is 0. The Kier molecular flexibility index (Phi) is 4.08. The summed E-state index contributed by atoms with van der Waals surface area (Å²) in [5.74, 6) is 0.261. The van der Waals surface area contributed by atoms with Gasteiger partial charge in [-0.05, 0) is 25.8 Å². The van der Waals surface area contributed by atoms with Gasteiger partial charge >= 0.3 is 0 Å². The Bertz CT molecular complexity index is 141. The number of nitrogens with one attached hydrogen (secondary N) is 1. The first kappa shape index (κ1) is 9.52. The molecule has 3 heteroatoms. The van der Waals surface area contributed by atoms with E-state index in [0.717, 1.165) is 19.6 Å². The quantitative estimate of drug-likeness (QED) is 0.673. The average Bonchev–Trinajstić information content (AvgIpc) is 2.15. The van der Waals surface area contributed by atoms with Crippen LogP contribution < -0.4 is 5.32 Å². The van der Waals surface area contributed by atoms with Crippen LogP contribution in [0.15, 0.2) is 0 Å². The molecule has 1 saturated heterocycles. The molecule has 0 aromatic rings. The lowest BCUT2D eigenvalue weighted by atomic mass is 10.1. The van der Waals surface area contributed by atoms with Crippen LogP contribution in [0.1, 0.15) is 26.2 Å². The first-order chi connectivity index (χ1) is 5.84. The standard InChI is InChI=1S/C9H18N2O/c1-2-10-8-9(12)11-6-4-3-5-7-11/h10H,2-8H2,1H3. The Morgan fingerprint density at radius 3 is 2.58 bits per heavy atom. The summed E-state index contributed by atoms with van der Waals surface area (Å²) in [4.78, 5) is 13.4. The van der Waals surface area contributed by atoms with Crippen molar-refractivity contribution in [3.63, 3.8) is 0 Å². The zero-order valence-electron chi connectivity index (χ0n) is 7.81. The van der Waals surface area contributed by atoms with Crippen molar-refractivity contribution in [1.82, 2.24) is 10.2 Å². The molecule has 12 heavy (non-hydrogen) atoms. The molecule has 3 nitrogen and oxygen atoms in total. The van der Waals surface area contributed by atoms with E-state index < -0.39 is 0 Å². The molecule has 0 bridgehead atoms. The Balaban J connectivity index is 2.20. The van der Waals surface area contributed by atoms with Crippen LogP contribution in [0.5, 0.6) is 0 Å². The summed E-state index contributed by atoms with van der Waals surface area (Å²) in [7, 11) is 0. The van der Waals surface area contributed by atoms with Gasteiger partial charge in [-0.2, -0.15) is 0 Å². The molecule has 0 aliphatic carbocycles. The first-order valence-electron chi connectivity index (χ1n) is 4.83. The van der Waals surface area contributed by atoms with E-state index in [2.05, 4.69) is 5.32 Å². The smallest absolute Gasteiger partial charge is 0.236 e. The largest absolute Gasteiger partial charge is 0.342 e. The molecular weight excluding hydrogens is 152 g/mol. The van der Waals surface area contributed by atoms with Gasteiger partial charge in [-0.15, -0.1) is 0 Å². The second-order valence-corrected chi connectivity index (χ2v) is 3.22. The summed E-state index contributed by atoms with van der Waals surface area (Å²) in [6, 6.07) is 0. The van der Waals surface area contributed by atoms with Gasteiger partial charge in [0.1, 0.15) is 0 Å². The fourth-order valence-electron chi connectivity index (χ4n) is 1.49. The minimum absolute atomic E-state index is 0.261. The predicted molar refractivity (Wildman–Crippen MR) is 49.0 cm³/mol. The molecule has 70 valence electrons. The molecule has 0 atom stereocenters. The predicted octanol–water partition coefficient (Wildman–Crippen LogP) is 0.608. The maximum atomic E-state index is 11.4. The number of likely N-dealkylation sites (tertiary alicyclic amines) is 1. The van der Waals surface area contributed by atoms with Crippen molar-refractivity contribution in [3.05, 3.63) is 0 Å². The second-order valence-electron chi connectivity index (χ2n) is 3.22. The fraction of sp³-hybridized carbons (Fsp3) is 0.889. The molecule has 1 heterocycles. The van der Waals surface area contributed by atoms with Crippen molar-refractivity contribution in [1.29, 1.82) is 0 Å². The highest BCUT2D eigenvalue weighted by Gasteiger charge is 2.14. The Hall–Kier alpha value is -0.570. The lowest BCUT2D eigenvalue weighted by Crippen LogP contribution is -2.41. The summed E-state index contributed by atoms with van der Waals surface area (Å²) in [6.45, 7) is 5.33. The molecular formula is C9H18N2O. The highest BCUT2D eigenvalue weighted by Crippen LogP contribution is 2.07. The Morgan fingerprint density at radius 1 is 1.33 bits per heavy atom. The number of likely N-dealkylation sites (N-methyl/N-ethyl adjacent to an activating group) is 1.